The molecule has 0 saturated heterocycles. The maximum atomic E-state index is 4.63. The number of nitrogens with zero attached hydrogens (tertiary/aromatic N) is 2. The lowest BCUT2D eigenvalue weighted by atomic mass is 10.2. The van der Waals surface area contributed by atoms with Gasteiger partial charge < -0.3 is 10.2 Å². The molecule has 16 heavy (non-hydrogen) atoms. The summed E-state index contributed by atoms with van der Waals surface area (Å²) >= 11 is 0. The highest BCUT2D eigenvalue weighted by Crippen LogP contribution is 2.20. The van der Waals surface area contributed by atoms with Crippen molar-refractivity contribution in [3.8, 4) is 0 Å². The molecule has 0 aromatic carbocycles. The molecule has 3 heteroatoms. The van der Waals surface area contributed by atoms with Crippen LogP contribution in [0.4, 0.5) is 5.82 Å². The first-order valence-corrected chi connectivity index (χ1v) is 6.11. The summed E-state index contributed by atoms with van der Waals surface area (Å²) in [7, 11) is 2.07. The fourth-order valence-corrected chi connectivity index (χ4v) is 1.68. The number of aryl methyl sites for hydroxylation is 1. The van der Waals surface area contributed by atoms with E-state index >= 15 is 0 Å². The van der Waals surface area contributed by atoms with Gasteiger partial charge in [0.15, 0.2) is 0 Å². The molecule has 1 saturated carbocycles. The first-order valence-electron chi connectivity index (χ1n) is 6.11. The highest BCUT2D eigenvalue weighted by Gasteiger charge is 2.20. The molecule has 0 atom stereocenters. The third-order valence-electron chi connectivity index (χ3n) is 3.20. The molecule has 2 rings (SSSR count). The second-order valence-electron chi connectivity index (χ2n) is 4.58. The Bertz CT molecular complexity index is 358. The molecule has 0 radical (unpaired) electrons. The third-order valence-corrected chi connectivity index (χ3v) is 3.20. The van der Waals surface area contributed by atoms with Crippen LogP contribution in [0.1, 0.15) is 31.0 Å². The Balaban J connectivity index is 2.02. The van der Waals surface area contributed by atoms with Crippen molar-refractivity contribution in [2.45, 2.75) is 39.3 Å². The lowest BCUT2D eigenvalue weighted by molar-refractivity contribution is 0.682. The Morgan fingerprint density at radius 1 is 1.44 bits per heavy atom. The van der Waals surface area contributed by atoms with Crippen LogP contribution in [0.5, 0.6) is 0 Å². The number of nitrogens with one attached hydrogen (secondary N) is 1. The second-order valence-corrected chi connectivity index (χ2v) is 4.58. The van der Waals surface area contributed by atoms with Crippen LogP contribution >= 0.6 is 0 Å². The summed E-state index contributed by atoms with van der Waals surface area (Å²) in [6.07, 6.45) is 2.67. The Kier molecular flexibility index (Phi) is 3.44. The minimum atomic E-state index is 0.761. The van der Waals surface area contributed by atoms with Crippen LogP contribution in [0.3, 0.4) is 0 Å². The number of pyridine rings is 1. The zero-order chi connectivity index (χ0) is 11.5. The average molecular weight is 219 g/mol. The molecule has 1 N–H and O–H groups in total. The zero-order valence-corrected chi connectivity index (χ0v) is 10.5. The quantitative estimate of drug-likeness (QED) is 0.822. The normalized spacial score (nSPS) is 15.2. The van der Waals surface area contributed by atoms with Gasteiger partial charge in [-0.25, -0.2) is 4.98 Å². The van der Waals surface area contributed by atoms with Gasteiger partial charge in [-0.15, -0.1) is 0 Å². The lowest BCUT2D eigenvalue weighted by Gasteiger charge is -2.17. The minimum Gasteiger partial charge on any atom is -0.360 e. The molecule has 1 aliphatic rings. The van der Waals surface area contributed by atoms with E-state index in [0.717, 1.165) is 30.6 Å². The second kappa shape index (κ2) is 4.83. The predicted octanol–water partition coefficient (Wildman–Crippen LogP) is 2.10. The molecule has 0 bridgehead atoms. The molecule has 0 aliphatic heterocycles. The Hall–Kier alpha value is -1.09. The van der Waals surface area contributed by atoms with E-state index in [1.165, 1.54) is 18.4 Å². The first-order chi connectivity index (χ1) is 7.70. The summed E-state index contributed by atoms with van der Waals surface area (Å²) in [6.45, 7) is 6.18. The monoisotopic (exact) mass is 219 g/mol. The summed E-state index contributed by atoms with van der Waals surface area (Å²) in [6, 6.07) is 5.07. The largest absolute Gasteiger partial charge is 0.360 e. The first kappa shape index (κ1) is 11.4. The standard InChI is InChI=1S/C13H21N3/c1-4-16(3)13-8-5-11(10(2)15-13)9-14-12-6-7-12/h5,8,12,14H,4,6-7,9H2,1-3H3. The van der Waals surface area contributed by atoms with Crippen molar-refractivity contribution in [1.82, 2.24) is 10.3 Å². The number of rotatable bonds is 5. The van der Waals surface area contributed by atoms with Crippen molar-refractivity contribution < 1.29 is 0 Å². The third kappa shape index (κ3) is 2.73. The molecule has 1 fully saturated rings. The number of hydrogen-bond donors (Lipinski definition) is 1. The molecule has 1 aromatic heterocycles. The van der Waals surface area contributed by atoms with Gasteiger partial charge in [-0.2, -0.15) is 0 Å². The highest BCUT2D eigenvalue weighted by atomic mass is 15.2. The molecule has 0 unspecified atom stereocenters. The Morgan fingerprint density at radius 2 is 2.19 bits per heavy atom. The molecule has 1 aliphatic carbocycles. The van der Waals surface area contributed by atoms with E-state index in [9.17, 15) is 0 Å². The van der Waals surface area contributed by atoms with E-state index in [2.05, 4.69) is 48.2 Å². The van der Waals surface area contributed by atoms with Crippen LogP contribution < -0.4 is 10.2 Å². The number of aromatic nitrogens is 1. The Labute approximate surface area is 97.9 Å². The minimum absolute atomic E-state index is 0.761. The van der Waals surface area contributed by atoms with E-state index in [1.54, 1.807) is 0 Å². The van der Waals surface area contributed by atoms with Gasteiger partial charge in [-0.3, -0.25) is 0 Å². The van der Waals surface area contributed by atoms with Crippen molar-refractivity contribution >= 4 is 5.82 Å². The van der Waals surface area contributed by atoms with E-state index in [0.29, 0.717) is 0 Å². The van der Waals surface area contributed by atoms with Crippen LogP contribution in [0.2, 0.25) is 0 Å². The van der Waals surface area contributed by atoms with E-state index < -0.39 is 0 Å². The molecule has 1 aromatic rings. The van der Waals surface area contributed by atoms with Gasteiger partial charge in [0.25, 0.3) is 0 Å². The maximum Gasteiger partial charge on any atom is 0.128 e. The van der Waals surface area contributed by atoms with Gasteiger partial charge in [0.2, 0.25) is 0 Å². The lowest BCUT2D eigenvalue weighted by Crippen LogP contribution is -2.19. The van der Waals surface area contributed by atoms with Gasteiger partial charge in [-0.05, 0) is 38.3 Å². The van der Waals surface area contributed by atoms with E-state index in [1.807, 2.05) is 0 Å². The van der Waals surface area contributed by atoms with Gasteiger partial charge >= 0.3 is 0 Å². The van der Waals surface area contributed by atoms with Crippen LogP contribution in [0.15, 0.2) is 12.1 Å². The van der Waals surface area contributed by atoms with Crippen molar-refractivity contribution in [2.24, 2.45) is 0 Å². The van der Waals surface area contributed by atoms with E-state index in [-0.39, 0.29) is 0 Å². The summed E-state index contributed by atoms with van der Waals surface area (Å²) in [5.41, 5.74) is 2.46. The van der Waals surface area contributed by atoms with Crippen molar-refractivity contribution in [3.63, 3.8) is 0 Å². The van der Waals surface area contributed by atoms with Crippen LogP contribution in [0, 0.1) is 6.92 Å². The van der Waals surface area contributed by atoms with Crippen LogP contribution in [0.25, 0.3) is 0 Å². The maximum absolute atomic E-state index is 4.63. The summed E-state index contributed by atoms with van der Waals surface area (Å²) < 4.78 is 0. The van der Waals surface area contributed by atoms with Crippen LogP contribution in [-0.4, -0.2) is 24.6 Å². The van der Waals surface area contributed by atoms with Crippen LogP contribution in [-0.2, 0) is 6.54 Å². The Morgan fingerprint density at radius 3 is 2.75 bits per heavy atom. The summed E-state index contributed by atoms with van der Waals surface area (Å²) in [5.74, 6) is 1.06. The molecule has 88 valence electrons. The average Bonchev–Trinajstić information content (AvgIpc) is 3.10. The molecule has 3 nitrogen and oxygen atoms in total. The number of hydrogen-bond acceptors (Lipinski definition) is 3. The van der Waals surface area contributed by atoms with Gasteiger partial charge in [-0.1, -0.05) is 6.07 Å². The molecular formula is C13H21N3. The zero-order valence-electron chi connectivity index (χ0n) is 10.5. The van der Waals surface area contributed by atoms with Crippen molar-refractivity contribution in [1.29, 1.82) is 0 Å². The van der Waals surface area contributed by atoms with Gasteiger partial charge in [0.1, 0.15) is 5.82 Å². The van der Waals surface area contributed by atoms with Gasteiger partial charge in [0.05, 0.1) is 0 Å². The fraction of sp³-hybridized carbons (Fsp3) is 0.615. The van der Waals surface area contributed by atoms with Crippen molar-refractivity contribution in [3.05, 3.63) is 23.4 Å². The smallest absolute Gasteiger partial charge is 0.128 e. The fourth-order valence-electron chi connectivity index (χ4n) is 1.68. The molecular weight excluding hydrogens is 198 g/mol. The SMILES string of the molecule is CCN(C)c1ccc(CNC2CC2)c(C)n1. The molecule has 0 amide bonds. The summed E-state index contributed by atoms with van der Waals surface area (Å²) in [4.78, 5) is 6.79. The van der Waals surface area contributed by atoms with Gasteiger partial charge in [0, 0.05) is 31.9 Å². The molecule has 1 heterocycles. The highest BCUT2D eigenvalue weighted by molar-refractivity contribution is 5.40. The summed E-state index contributed by atoms with van der Waals surface area (Å²) in [5, 5.41) is 3.52. The topological polar surface area (TPSA) is 28.2 Å². The predicted molar refractivity (Wildman–Crippen MR) is 67.8 cm³/mol. The molecule has 0 spiro atoms. The van der Waals surface area contributed by atoms with Crippen molar-refractivity contribution in [2.75, 3.05) is 18.5 Å². The number of anilines is 1. The van der Waals surface area contributed by atoms with E-state index in [4.69, 9.17) is 0 Å².